The van der Waals surface area contributed by atoms with Crippen molar-refractivity contribution in [2.45, 2.75) is 6.04 Å². The fraction of sp³-hybridized carbons (Fsp3) is 0.381. The van der Waals surface area contributed by atoms with Crippen LogP contribution >= 0.6 is 0 Å². The van der Waals surface area contributed by atoms with Crippen molar-refractivity contribution in [3.05, 3.63) is 53.7 Å². The second-order valence-corrected chi connectivity index (χ2v) is 7.83. The van der Waals surface area contributed by atoms with Crippen LogP contribution < -0.4 is 4.90 Å². The Balaban J connectivity index is 0.000000913. The Hall–Kier alpha value is -3.76. The summed E-state index contributed by atoms with van der Waals surface area (Å²) in [6, 6.07) is 6.02. The molecule has 2 amide bonds. The molecule has 0 radical (unpaired) electrons. The van der Waals surface area contributed by atoms with Crippen LogP contribution in [-0.2, 0) is 4.79 Å². The van der Waals surface area contributed by atoms with E-state index in [-0.39, 0.29) is 41.9 Å². The maximum Gasteiger partial charge on any atom is 0.356 e. The van der Waals surface area contributed by atoms with Crippen LogP contribution in [0.4, 0.5) is 15.0 Å². The molecule has 2 fully saturated rings. The third-order valence-electron chi connectivity index (χ3n) is 5.65. The highest BCUT2D eigenvalue weighted by Gasteiger charge is 2.49. The van der Waals surface area contributed by atoms with Crippen LogP contribution in [0, 0.1) is 17.7 Å². The van der Waals surface area contributed by atoms with Gasteiger partial charge in [-0.3, -0.25) is 9.78 Å². The second kappa shape index (κ2) is 9.58. The molecule has 3 atom stereocenters. The molecule has 2 aliphatic rings. The third kappa shape index (κ3) is 4.61. The number of carboxylic acid groups (broad SMARTS) is 2. The fourth-order valence-electron chi connectivity index (χ4n) is 4.41. The lowest BCUT2D eigenvalue weighted by Gasteiger charge is -2.32. The van der Waals surface area contributed by atoms with Crippen LogP contribution in [0.2, 0.25) is 0 Å². The molecule has 2 aromatic rings. The van der Waals surface area contributed by atoms with Gasteiger partial charge in [-0.15, -0.1) is 0 Å². The minimum atomic E-state index is -1.13. The van der Waals surface area contributed by atoms with Gasteiger partial charge >= 0.3 is 12.0 Å². The number of amides is 2. The Bertz CT molecular complexity index is 1000. The van der Waals surface area contributed by atoms with Gasteiger partial charge < -0.3 is 24.9 Å². The first-order valence-electron chi connectivity index (χ1n) is 9.88. The number of aromatic nitrogens is 2. The molecule has 2 saturated heterocycles. The topological polar surface area (TPSA) is 127 Å². The predicted octanol–water partition coefficient (Wildman–Crippen LogP) is 1.81. The maximum absolute atomic E-state index is 13.9. The molecule has 4 rings (SSSR count). The summed E-state index contributed by atoms with van der Waals surface area (Å²) >= 11 is 0. The summed E-state index contributed by atoms with van der Waals surface area (Å²) < 4.78 is 13.9. The van der Waals surface area contributed by atoms with Gasteiger partial charge in [0, 0.05) is 45.6 Å². The van der Waals surface area contributed by atoms with Crippen LogP contribution in [0.25, 0.3) is 0 Å². The van der Waals surface area contributed by atoms with E-state index in [4.69, 9.17) is 9.90 Å². The molecule has 2 N–H and O–H groups in total. The standard InChI is InChI=1S/C20H22FN5O3.CH2O2/c1-24(2)20(29)26-10-13-9-25(17-8-22-7-16(23-17)19(27)28)11-15(13)18(26)12-4-3-5-14(21)6-12;2-1-3/h3-8,13,15,18H,9-11H2,1-2H3,(H,27,28);1H,(H,2,3)/t13-,15-,18+;/m1./s1. The van der Waals surface area contributed by atoms with Crippen molar-refractivity contribution in [3.63, 3.8) is 0 Å². The molecule has 32 heavy (non-hydrogen) atoms. The van der Waals surface area contributed by atoms with Gasteiger partial charge in [-0.1, -0.05) is 12.1 Å². The van der Waals surface area contributed by atoms with Gasteiger partial charge in [0.15, 0.2) is 5.69 Å². The van der Waals surface area contributed by atoms with E-state index in [2.05, 4.69) is 9.97 Å². The van der Waals surface area contributed by atoms with E-state index in [0.717, 1.165) is 5.56 Å². The number of benzene rings is 1. The smallest absolute Gasteiger partial charge is 0.356 e. The van der Waals surface area contributed by atoms with E-state index in [1.165, 1.54) is 23.2 Å². The Labute approximate surface area is 183 Å². The van der Waals surface area contributed by atoms with Crippen LogP contribution in [0.3, 0.4) is 0 Å². The highest BCUT2D eigenvalue weighted by Crippen LogP contribution is 2.46. The highest BCUT2D eigenvalue weighted by atomic mass is 19.1. The van der Waals surface area contributed by atoms with Crippen molar-refractivity contribution >= 4 is 24.3 Å². The first-order valence-corrected chi connectivity index (χ1v) is 9.88. The number of hydrogen-bond donors (Lipinski definition) is 2. The molecule has 0 aliphatic carbocycles. The second-order valence-electron chi connectivity index (χ2n) is 7.83. The number of hydrogen-bond acceptors (Lipinski definition) is 6. The number of urea groups is 1. The largest absolute Gasteiger partial charge is 0.483 e. The SMILES string of the molecule is CN(C)C(=O)N1C[C@H]2CN(c3cncc(C(=O)O)n3)C[C@H]2[C@@H]1c1cccc(F)c1.O=CO. The van der Waals surface area contributed by atoms with Crippen molar-refractivity contribution in [2.24, 2.45) is 11.8 Å². The molecule has 1 aromatic carbocycles. The molecule has 10 nitrogen and oxygen atoms in total. The highest BCUT2D eigenvalue weighted by molar-refractivity contribution is 5.85. The zero-order valence-corrected chi connectivity index (χ0v) is 17.6. The van der Waals surface area contributed by atoms with Crippen molar-refractivity contribution in [2.75, 3.05) is 38.6 Å². The summed E-state index contributed by atoms with van der Waals surface area (Å²) in [7, 11) is 3.41. The van der Waals surface area contributed by atoms with Crippen LogP contribution in [0.1, 0.15) is 22.1 Å². The number of halogens is 1. The fourth-order valence-corrected chi connectivity index (χ4v) is 4.41. The summed E-state index contributed by atoms with van der Waals surface area (Å²) in [6.07, 6.45) is 2.77. The van der Waals surface area contributed by atoms with Crippen molar-refractivity contribution in [1.29, 1.82) is 0 Å². The lowest BCUT2D eigenvalue weighted by Crippen LogP contribution is -2.41. The Kier molecular flexibility index (Phi) is 6.86. The third-order valence-corrected chi connectivity index (χ3v) is 5.65. The maximum atomic E-state index is 13.9. The minimum absolute atomic E-state index is 0.0796. The number of anilines is 1. The average molecular weight is 445 g/mol. The Morgan fingerprint density at radius 3 is 2.56 bits per heavy atom. The van der Waals surface area contributed by atoms with Crippen molar-refractivity contribution in [1.82, 2.24) is 19.8 Å². The normalized spacial score (nSPS) is 21.4. The van der Waals surface area contributed by atoms with Gasteiger partial charge in [0.05, 0.1) is 18.4 Å². The lowest BCUT2D eigenvalue weighted by atomic mass is 9.89. The first-order chi connectivity index (χ1) is 15.3. The predicted molar refractivity (Wildman–Crippen MR) is 112 cm³/mol. The monoisotopic (exact) mass is 445 g/mol. The molecule has 170 valence electrons. The first kappa shape index (κ1) is 22.9. The number of carbonyl (C=O) groups excluding carboxylic acids is 1. The molecule has 0 spiro atoms. The van der Waals surface area contributed by atoms with E-state index >= 15 is 0 Å². The van der Waals surface area contributed by atoms with Crippen LogP contribution in [-0.4, -0.2) is 82.2 Å². The number of aromatic carboxylic acids is 1. The van der Waals surface area contributed by atoms with Gasteiger partial charge in [0.1, 0.15) is 11.6 Å². The number of likely N-dealkylation sites (tertiary alicyclic amines) is 1. The van der Waals surface area contributed by atoms with E-state index in [0.29, 0.717) is 25.5 Å². The van der Waals surface area contributed by atoms with Gasteiger partial charge in [-0.25, -0.2) is 19.0 Å². The Morgan fingerprint density at radius 2 is 1.94 bits per heavy atom. The molecule has 0 saturated carbocycles. The zero-order valence-electron chi connectivity index (χ0n) is 17.6. The molecule has 11 heteroatoms. The summed E-state index contributed by atoms with van der Waals surface area (Å²) in [6.45, 7) is 1.51. The van der Waals surface area contributed by atoms with E-state index in [1.807, 2.05) is 11.0 Å². The van der Waals surface area contributed by atoms with Gasteiger partial charge in [-0.2, -0.15) is 0 Å². The summed E-state index contributed by atoms with van der Waals surface area (Å²) in [5.74, 6) is -0.710. The van der Waals surface area contributed by atoms with Crippen molar-refractivity contribution in [3.8, 4) is 0 Å². The molecule has 0 bridgehead atoms. The number of carbonyl (C=O) groups is 3. The van der Waals surface area contributed by atoms with Gasteiger partial charge in [-0.05, 0) is 17.7 Å². The number of fused-ring (bicyclic) bond motifs is 1. The molecular weight excluding hydrogens is 421 g/mol. The molecule has 0 unspecified atom stereocenters. The summed E-state index contributed by atoms with van der Waals surface area (Å²) in [5, 5.41) is 16.1. The zero-order chi connectivity index (χ0) is 23.4. The van der Waals surface area contributed by atoms with Crippen LogP contribution in [0.15, 0.2) is 36.7 Å². The molecule has 3 heterocycles. The molecular formula is C21H24FN5O5. The lowest BCUT2D eigenvalue weighted by molar-refractivity contribution is -0.122. The van der Waals surface area contributed by atoms with E-state index in [1.54, 1.807) is 31.3 Å². The van der Waals surface area contributed by atoms with Crippen molar-refractivity contribution < 1.29 is 29.0 Å². The number of rotatable bonds is 3. The summed E-state index contributed by atoms with van der Waals surface area (Å²) in [5.41, 5.74) is 0.658. The Morgan fingerprint density at radius 1 is 1.22 bits per heavy atom. The quantitative estimate of drug-likeness (QED) is 0.685. The van der Waals surface area contributed by atoms with Gasteiger partial charge in [0.2, 0.25) is 0 Å². The minimum Gasteiger partial charge on any atom is -0.483 e. The molecule has 2 aliphatic heterocycles. The van der Waals surface area contributed by atoms with E-state index in [9.17, 15) is 19.1 Å². The summed E-state index contributed by atoms with van der Waals surface area (Å²) in [4.78, 5) is 45.9. The number of nitrogens with zero attached hydrogens (tertiary/aromatic N) is 5. The van der Waals surface area contributed by atoms with E-state index < -0.39 is 5.97 Å². The molecule has 1 aromatic heterocycles. The number of carboxylic acids is 1. The average Bonchev–Trinajstić information content (AvgIpc) is 3.31. The van der Waals surface area contributed by atoms with Crippen LogP contribution in [0.5, 0.6) is 0 Å². The van der Waals surface area contributed by atoms with Gasteiger partial charge in [0.25, 0.3) is 6.47 Å².